The first-order valence-corrected chi connectivity index (χ1v) is 10.3. The van der Waals surface area contributed by atoms with E-state index in [-0.39, 0.29) is 6.61 Å². The monoisotopic (exact) mass is 457 g/mol. The van der Waals surface area contributed by atoms with Crippen molar-refractivity contribution in [2.75, 3.05) is 25.6 Å². The molecule has 10 atom stereocenters. The Morgan fingerprint density at radius 1 is 0.967 bits per heavy atom. The first-order valence-electron chi connectivity index (χ1n) is 9.65. The van der Waals surface area contributed by atoms with E-state index in [2.05, 4.69) is 17.9 Å². The third-order valence-corrected chi connectivity index (χ3v) is 5.26. The maximum atomic E-state index is 11.7. The molecule has 0 aromatic carbocycles. The van der Waals surface area contributed by atoms with Crippen LogP contribution >= 0.6 is 12.6 Å². The summed E-state index contributed by atoms with van der Waals surface area (Å²) in [4.78, 5) is 11.7. The zero-order valence-electron chi connectivity index (χ0n) is 16.5. The topological polar surface area (TPSA) is 187 Å². The van der Waals surface area contributed by atoms with Crippen LogP contribution < -0.4 is 5.32 Å². The lowest BCUT2D eigenvalue weighted by atomic mass is 9.95. The number of hydrogen-bond acceptors (Lipinski definition) is 12. The van der Waals surface area contributed by atoms with Gasteiger partial charge in [0.25, 0.3) is 0 Å². The number of amides is 1. The molecule has 2 heterocycles. The van der Waals surface area contributed by atoms with Gasteiger partial charge in [-0.3, -0.25) is 4.79 Å². The van der Waals surface area contributed by atoms with Crippen LogP contribution in [-0.2, 0) is 23.7 Å². The van der Waals surface area contributed by atoms with Crippen molar-refractivity contribution in [3.05, 3.63) is 0 Å². The van der Waals surface area contributed by atoms with E-state index in [1.165, 1.54) is 6.92 Å². The van der Waals surface area contributed by atoms with E-state index in [0.29, 0.717) is 12.2 Å². The molecule has 176 valence electrons. The predicted octanol–water partition coefficient (Wildman–Crippen LogP) is -3.91. The molecule has 2 aliphatic rings. The van der Waals surface area contributed by atoms with Gasteiger partial charge in [0.05, 0.1) is 19.8 Å². The summed E-state index contributed by atoms with van der Waals surface area (Å²) in [6, 6.07) is -1.06. The molecule has 1 amide bonds. The van der Waals surface area contributed by atoms with E-state index in [4.69, 9.17) is 18.9 Å². The summed E-state index contributed by atoms with van der Waals surface area (Å²) in [6.07, 6.45) is -12.2. The molecule has 12 nitrogen and oxygen atoms in total. The molecule has 0 aromatic rings. The molecule has 0 saturated carbocycles. The molecule has 0 bridgehead atoms. The Hall–Kier alpha value is -0.580. The highest BCUT2D eigenvalue weighted by Crippen LogP contribution is 2.29. The van der Waals surface area contributed by atoms with Gasteiger partial charge in [-0.2, -0.15) is 12.6 Å². The lowest BCUT2D eigenvalue weighted by Gasteiger charge is -2.47. The second-order valence-corrected chi connectivity index (χ2v) is 7.64. The summed E-state index contributed by atoms with van der Waals surface area (Å²) in [5.41, 5.74) is 0. The molecule has 30 heavy (non-hydrogen) atoms. The number of aliphatic hydroxyl groups excluding tert-OH is 6. The molecule has 7 N–H and O–H groups in total. The Balaban J connectivity index is 2.25. The third-order valence-electron chi connectivity index (χ3n) is 4.95. The molecule has 0 aromatic heterocycles. The smallest absolute Gasteiger partial charge is 0.217 e. The van der Waals surface area contributed by atoms with Crippen molar-refractivity contribution >= 4 is 18.5 Å². The Labute approximate surface area is 179 Å². The van der Waals surface area contributed by atoms with Gasteiger partial charge in [0, 0.05) is 6.92 Å². The van der Waals surface area contributed by atoms with E-state index in [9.17, 15) is 35.4 Å². The van der Waals surface area contributed by atoms with Crippen LogP contribution in [0.1, 0.15) is 13.3 Å². The van der Waals surface area contributed by atoms with Crippen molar-refractivity contribution in [3.8, 4) is 0 Å². The SMILES string of the molecule is CC(=O)N[C@H]1[C@@H](OCCCS)O[C@H](CO)[C@H](O)[C@@H]1O[C@@H]1O[C@H](CO)[C@@H](O)[C@H](O)[C@H]1O. The van der Waals surface area contributed by atoms with Gasteiger partial charge in [-0.25, -0.2) is 0 Å². The van der Waals surface area contributed by atoms with E-state index < -0.39 is 80.5 Å². The van der Waals surface area contributed by atoms with Crippen LogP contribution in [0.25, 0.3) is 0 Å². The zero-order valence-corrected chi connectivity index (χ0v) is 17.4. The maximum absolute atomic E-state index is 11.7. The fourth-order valence-corrected chi connectivity index (χ4v) is 3.49. The summed E-state index contributed by atoms with van der Waals surface area (Å²) in [7, 11) is 0. The van der Waals surface area contributed by atoms with Gasteiger partial charge < -0.3 is 54.9 Å². The second-order valence-electron chi connectivity index (χ2n) is 7.19. The summed E-state index contributed by atoms with van der Waals surface area (Å²) >= 11 is 4.09. The Morgan fingerprint density at radius 2 is 1.57 bits per heavy atom. The molecular weight excluding hydrogens is 426 g/mol. The highest BCUT2D eigenvalue weighted by Gasteiger charge is 2.51. The van der Waals surface area contributed by atoms with Gasteiger partial charge in [-0.05, 0) is 12.2 Å². The highest BCUT2D eigenvalue weighted by atomic mass is 32.1. The number of nitrogens with one attached hydrogen (secondary N) is 1. The lowest BCUT2D eigenvalue weighted by molar-refractivity contribution is -0.344. The number of carbonyl (C=O) groups is 1. The van der Waals surface area contributed by atoms with Crippen molar-refractivity contribution in [1.82, 2.24) is 5.32 Å². The normalized spacial score (nSPS) is 42.1. The summed E-state index contributed by atoms with van der Waals surface area (Å²) < 4.78 is 22.2. The minimum Gasteiger partial charge on any atom is -0.394 e. The lowest BCUT2D eigenvalue weighted by Crippen LogP contribution is -2.68. The van der Waals surface area contributed by atoms with Gasteiger partial charge in [0.1, 0.15) is 48.8 Å². The van der Waals surface area contributed by atoms with Crippen molar-refractivity contribution in [1.29, 1.82) is 0 Å². The molecule has 2 fully saturated rings. The maximum Gasteiger partial charge on any atom is 0.217 e. The third kappa shape index (κ3) is 6.01. The van der Waals surface area contributed by atoms with Crippen molar-refractivity contribution in [2.24, 2.45) is 0 Å². The molecular formula is C17H31NO11S. The number of aliphatic hydroxyl groups is 6. The Kier molecular flexibility index (Phi) is 10.2. The molecule has 0 aliphatic carbocycles. The summed E-state index contributed by atoms with van der Waals surface area (Å²) in [5.74, 6) is 0.0532. The number of ether oxygens (including phenoxy) is 4. The average molecular weight is 457 g/mol. The quantitative estimate of drug-likeness (QED) is 0.125. The van der Waals surface area contributed by atoms with Gasteiger partial charge in [-0.1, -0.05) is 0 Å². The van der Waals surface area contributed by atoms with Crippen LogP contribution in [0.15, 0.2) is 0 Å². The van der Waals surface area contributed by atoms with Crippen LogP contribution in [0.5, 0.6) is 0 Å². The zero-order chi connectivity index (χ0) is 22.4. The van der Waals surface area contributed by atoms with E-state index in [1.807, 2.05) is 0 Å². The molecule has 0 spiro atoms. The van der Waals surface area contributed by atoms with Crippen molar-refractivity contribution < 1.29 is 54.4 Å². The molecule has 0 unspecified atom stereocenters. The van der Waals surface area contributed by atoms with E-state index >= 15 is 0 Å². The highest BCUT2D eigenvalue weighted by molar-refractivity contribution is 7.80. The Morgan fingerprint density at radius 3 is 2.13 bits per heavy atom. The molecule has 2 aliphatic heterocycles. The number of thiol groups is 1. The fraction of sp³-hybridized carbons (Fsp3) is 0.941. The van der Waals surface area contributed by atoms with Gasteiger partial charge in [-0.15, -0.1) is 0 Å². The Bertz CT molecular complexity index is 542. The second kappa shape index (κ2) is 11.9. The van der Waals surface area contributed by atoms with Crippen molar-refractivity contribution in [2.45, 2.75) is 74.7 Å². The number of carbonyl (C=O) groups excluding carboxylic acids is 1. The first kappa shape index (κ1) is 25.7. The molecule has 13 heteroatoms. The first-order chi connectivity index (χ1) is 14.2. The average Bonchev–Trinajstić information content (AvgIpc) is 2.71. The van der Waals surface area contributed by atoms with Crippen LogP contribution in [-0.4, -0.2) is 123 Å². The standard InChI is InChI=1S/C17H31NO11S/c1-7(21)18-10-15(12(23)9(6-20)27-16(10)26-3-2-4-30)29-17-14(25)13(24)11(22)8(5-19)28-17/h8-17,19-20,22-25,30H,2-6H2,1H3,(H,18,21)/t8-,9-,10-,11-,12+,13+,14-,15-,16+,17+/m1/s1. The van der Waals surface area contributed by atoms with Gasteiger partial charge in [0.2, 0.25) is 5.91 Å². The van der Waals surface area contributed by atoms with Gasteiger partial charge >= 0.3 is 0 Å². The predicted molar refractivity (Wildman–Crippen MR) is 102 cm³/mol. The van der Waals surface area contributed by atoms with Crippen molar-refractivity contribution in [3.63, 3.8) is 0 Å². The summed E-state index contributed by atoms with van der Waals surface area (Å²) in [6.45, 7) is 0.200. The van der Waals surface area contributed by atoms with Crippen LogP contribution in [0.3, 0.4) is 0 Å². The van der Waals surface area contributed by atoms with Crippen LogP contribution in [0, 0.1) is 0 Å². The largest absolute Gasteiger partial charge is 0.394 e. The van der Waals surface area contributed by atoms with E-state index in [0.717, 1.165) is 0 Å². The molecule has 2 saturated heterocycles. The fourth-order valence-electron chi connectivity index (χ4n) is 3.36. The number of rotatable bonds is 9. The van der Waals surface area contributed by atoms with Gasteiger partial charge in [0.15, 0.2) is 12.6 Å². The summed E-state index contributed by atoms with van der Waals surface area (Å²) in [5, 5.41) is 62.2. The molecule has 2 rings (SSSR count). The molecule has 0 radical (unpaired) electrons. The van der Waals surface area contributed by atoms with E-state index in [1.54, 1.807) is 0 Å². The van der Waals surface area contributed by atoms with Crippen LogP contribution in [0.4, 0.5) is 0 Å². The minimum absolute atomic E-state index is 0.214. The van der Waals surface area contributed by atoms with Crippen LogP contribution in [0.2, 0.25) is 0 Å². The number of hydrogen-bond donors (Lipinski definition) is 8. The minimum atomic E-state index is -1.72.